The first-order valence-electron chi connectivity index (χ1n) is 5.45. The molecule has 2 nitrogen and oxygen atoms in total. The number of thioether (sulfide) groups is 1. The first kappa shape index (κ1) is 13.1. The summed E-state index contributed by atoms with van der Waals surface area (Å²) in [6, 6.07) is 10.1. The average molecular weight is 238 g/mol. The molecule has 1 atom stereocenters. The van der Waals surface area contributed by atoms with Crippen molar-refractivity contribution in [1.82, 2.24) is 0 Å². The van der Waals surface area contributed by atoms with Crippen LogP contribution in [0.4, 0.5) is 0 Å². The molecule has 1 rings (SSSR count). The minimum absolute atomic E-state index is 0.195. The van der Waals surface area contributed by atoms with Crippen LogP contribution in [-0.2, 0) is 10.5 Å². The summed E-state index contributed by atoms with van der Waals surface area (Å²) in [7, 11) is 0. The molecule has 0 radical (unpaired) electrons. The number of hydrogen-bond donors (Lipinski definition) is 1. The van der Waals surface area contributed by atoms with Gasteiger partial charge in [0.25, 0.3) is 0 Å². The minimum atomic E-state index is -0.685. The highest BCUT2D eigenvalue weighted by Gasteiger charge is 2.20. The molecule has 0 saturated carbocycles. The van der Waals surface area contributed by atoms with Crippen molar-refractivity contribution in [2.75, 3.05) is 5.75 Å². The highest BCUT2D eigenvalue weighted by Crippen LogP contribution is 2.20. The Morgan fingerprint density at radius 3 is 2.44 bits per heavy atom. The fraction of sp³-hybridized carbons (Fsp3) is 0.462. The van der Waals surface area contributed by atoms with Crippen LogP contribution in [0.5, 0.6) is 0 Å². The van der Waals surface area contributed by atoms with E-state index in [1.165, 1.54) is 5.56 Å². The van der Waals surface area contributed by atoms with E-state index in [4.69, 9.17) is 5.11 Å². The summed E-state index contributed by atoms with van der Waals surface area (Å²) < 4.78 is 0. The van der Waals surface area contributed by atoms with E-state index >= 15 is 0 Å². The second-order valence-electron chi connectivity index (χ2n) is 4.19. The molecular weight excluding hydrogens is 220 g/mol. The van der Waals surface area contributed by atoms with Crippen LogP contribution in [-0.4, -0.2) is 16.8 Å². The van der Waals surface area contributed by atoms with E-state index in [1.807, 2.05) is 32.0 Å². The van der Waals surface area contributed by atoms with E-state index in [-0.39, 0.29) is 11.8 Å². The van der Waals surface area contributed by atoms with Gasteiger partial charge in [-0.15, -0.1) is 0 Å². The van der Waals surface area contributed by atoms with Crippen molar-refractivity contribution in [3.8, 4) is 0 Å². The van der Waals surface area contributed by atoms with Crippen LogP contribution in [0.25, 0.3) is 0 Å². The van der Waals surface area contributed by atoms with E-state index in [0.717, 1.165) is 5.75 Å². The molecule has 1 aromatic rings. The fourth-order valence-electron chi connectivity index (χ4n) is 1.43. The van der Waals surface area contributed by atoms with Gasteiger partial charge < -0.3 is 5.11 Å². The number of rotatable bonds is 6. The zero-order chi connectivity index (χ0) is 12.0. The van der Waals surface area contributed by atoms with Gasteiger partial charge in [-0.2, -0.15) is 11.8 Å². The van der Waals surface area contributed by atoms with Gasteiger partial charge in [-0.3, -0.25) is 4.79 Å². The molecule has 3 heteroatoms. The summed E-state index contributed by atoms with van der Waals surface area (Å²) in [5.41, 5.74) is 1.25. The Hall–Kier alpha value is -0.960. The molecule has 0 aliphatic carbocycles. The lowest BCUT2D eigenvalue weighted by molar-refractivity contribution is -0.142. The Bertz CT molecular complexity index is 322. The number of hydrogen-bond acceptors (Lipinski definition) is 2. The van der Waals surface area contributed by atoms with Gasteiger partial charge in [0.15, 0.2) is 0 Å². The van der Waals surface area contributed by atoms with Crippen LogP contribution in [0.3, 0.4) is 0 Å². The highest BCUT2D eigenvalue weighted by molar-refractivity contribution is 7.98. The minimum Gasteiger partial charge on any atom is -0.481 e. The van der Waals surface area contributed by atoms with E-state index < -0.39 is 5.97 Å². The molecule has 0 fully saturated rings. The van der Waals surface area contributed by atoms with E-state index in [0.29, 0.717) is 5.75 Å². The van der Waals surface area contributed by atoms with E-state index in [2.05, 4.69) is 12.1 Å². The molecule has 0 aromatic heterocycles. The van der Waals surface area contributed by atoms with Crippen LogP contribution in [0, 0.1) is 11.8 Å². The van der Waals surface area contributed by atoms with E-state index in [1.54, 1.807) is 11.8 Å². The molecule has 1 aromatic carbocycles. The summed E-state index contributed by atoms with van der Waals surface area (Å²) >= 11 is 1.69. The molecule has 0 saturated heterocycles. The van der Waals surface area contributed by atoms with Crippen LogP contribution in [0.1, 0.15) is 19.4 Å². The maximum Gasteiger partial charge on any atom is 0.307 e. The van der Waals surface area contributed by atoms with Crippen molar-refractivity contribution < 1.29 is 9.90 Å². The molecule has 0 amide bonds. The summed E-state index contributed by atoms with van der Waals surface area (Å²) in [5, 5.41) is 9.03. The van der Waals surface area contributed by atoms with Gasteiger partial charge in [0, 0.05) is 11.5 Å². The SMILES string of the molecule is CC(C)C(CSCc1ccccc1)C(=O)O. The Kier molecular flexibility index (Phi) is 5.39. The van der Waals surface area contributed by atoms with Crippen molar-refractivity contribution in [3.63, 3.8) is 0 Å². The first-order valence-corrected chi connectivity index (χ1v) is 6.61. The predicted molar refractivity (Wildman–Crippen MR) is 68.6 cm³/mol. The standard InChI is InChI=1S/C13H18O2S/c1-10(2)12(13(14)15)9-16-8-11-6-4-3-5-7-11/h3-7,10,12H,8-9H2,1-2H3,(H,14,15). The normalized spacial score (nSPS) is 12.7. The molecule has 0 aliphatic heterocycles. The van der Waals surface area contributed by atoms with Crippen molar-refractivity contribution in [1.29, 1.82) is 0 Å². The monoisotopic (exact) mass is 238 g/mol. The molecule has 0 spiro atoms. The smallest absolute Gasteiger partial charge is 0.307 e. The number of carbonyl (C=O) groups is 1. The molecular formula is C13H18O2S. The second kappa shape index (κ2) is 6.59. The summed E-state index contributed by atoms with van der Waals surface area (Å²) in [6.07, 6.45) is 0. The zero-order valence-corrected chi connectivity index (χ0v) is 10.5. The Balaban J connectivity index is 2.37. The van der Waals surface area contributed by atoms with Gasteiger partial charge in [-0.05, 0) is 11.5 Å². The number of carboxylic acids is 1. The lowest BCUT2D eigenvalue weighted by atomic mass is 9.98. The van der Waals surface area contributed by atoms with Crippen molar-refractivity contribution in [2.24, 2.45) is 11.8 Å². The predicted octanol–water partition coefficient (Wildman–Crippen LogP) is 3.28. The summed E-state index contributed by atoms with van der Waals surface area (Å²) in [6.45, 7) is 3.92. The Morgan fingerprint density at radius 2 is 1.94 bits per heavy atom. The Labute approximate surface area is 101 Å². The van der Waals surface area contributed by atoms with Gasteiger partial charge in [0.1, 0.15) is 0 Å². The average Bonchev–Trinajstić information content (AvgIpc) is 2.24. The lowest BCUT2D eigenvalue weighted by Gasteiger charge is -2.15. The third-order valence-electron chi connectivity index (χ3n) is 2.53. The number of carboxylic acid groups (broad SMARTS) is 1. The zero-order valence-electron chi connectivity index (χ0n) is 9.72. The molecule has 0 aliphatic rings. The topological polar surface area (TPSA) is 37.3 Å². The van der Waals surface area contributed by atoms with Crippen LogP contribution in [0.15, 0.2) is 30.3 Å². The highest BCUT2D eigenvalue weighted by atomic mass is 32.2. The van der Waals surface area contributed by atoms with E-state index in [9.17, 15) is 4.79 Å². The fourth-order valence-corrected chi connectivity index (χ4v) is 2.75. The van der Waals surface area contributed by atoms with Crippen LogP contribution < -0.4 is 0 Å². The molecule has 88 valence electrons. The third kappa shape index (κ3) is 4.27. The molecule has 1 unspecified atom stereocenters. The lowest BCUT2D eigenvalue weighted by Crippen LogP contribution is -2.22. The first-order chi connectivity index (χ1) is 7.61. The second-order valence-corrected chi connectivity index (χ2v) is 5.22. The summed E-state index contributed by atoms with van der Waals surface area (Å²) in [4.78, 5) is 11.0. The molecule has 1 N–H and O–H groups in total. The van der Waals surface area contributed by atoms with Crippen molar-refractivity contribution >= 4 is 17.7 Å². The largest absolute Gasteiger partial charge is 0.481 e. The Morgan fingerprint density at radius 1 is 1.31 bits per heavy atom. The maximum atomic E-state index is 11.0. The molecule has 0 heterocycles. The van der Waals surface area contributed by atoms with Crippen molar-refractivity contribution in [2.45, 2.75) is 19.6 Å². The summed E-state index contributed by atoms with van der Waals surface area (Å²) in [5.74, 6) is 0.837. The number of benzene rings is 1. The van der Waals surface area contributed by atoms with Gasteiger partial charge in [-0.25, -0.2) is 0 Å². The molecule has 16 heavy (non-hydrogen) atoms. The van der Waals surface area contributed by atoms with Gasteiger partial charge in [0.2, 0.25) is 0 Å². The van der Waals surface area contributed by atoms with Crippen molar-refractivity contribution in [3.05, 3.63) is 35.9 Å². The third-order valence-corrected chi connectivity index (χ3v) is 3.66. The van der Waals surface area contributed by atoms with Gasteiger partial charge >= 0.3 is 5.97 Å². The number of aliphatic carboxylic acids is 1. The van der Waals surface area contributed by atoms with Crippen LogP contribution in [0.2, 0.25) is 0 Å². The quantitative estimate of drug-likeness (QED) is 0.826. The van der Waals surface area contributed by atoms with Gasteiger partial charge in [-0.1, -0.05) is 44.2 Å². The van der Waals surface area contributed by atoms with Gasteiger partial charge in [0.05, 0.1) is 5.92 Å². The van der Waals surface area contributed by atoms with Crippen LogP contribution >= 0.6 is 11.8 Å². The maximum absolute atomic E-state index is 11.0. The molecule has 0 bridgehead atoms.